The average molecular weight is 172 g/mol. The van der Waals surface area contributed by atoms with E-state index in [1.54, 1.807) is 0 Å². The molecule has 0 aromatic rings. The highest BCUT2D eigenvalue weighted by molar-refractivity contribution is 5.49. The van der Waals surface area contributed by atoms with E-state index in [2.05, 4.69) is 13.8 Å². The van der Waals surface area contributed by atoms with E-state index in [4.69, 9.17) is 9.47 Å². The summed E-state index contributed by atoms with van der Waals surface area (Å²) in [5.41, 5.74) is 0.123. The number of hydrogen-bond donors (Lipinski definition) is 0. The van der Waals surface area contributed by atoms with E-state index in [0.29, 0.717) is 12.8 Å². The lowest BCUT2D eigenvalue weighted by atomic mass is 9.95. The number of carbonyl (C=O) groups excluding carboxylic acids is 1. The van der Waals surface area contributed by atoms with E-state index >= 15 is 0 Å². The second-order valence-corrected chi connectivity index (χ2v) is 3.96. The molecule has 3 heteroatoms. The maximum absolute atomic E-state index is 10.1. The monoisotopic (exact) mass is 172 g/mol. The van der Waals surface area contributed by atoms with E-state index < -0.39 is 0 Å². The van der Waals surface area contributed by atoms with Crippen LogP contribution < -0.4 is 0 Å². The minimum atomic E-state index is -0.164. The fraction of sp³-hybridized carbons (Fsp3) is 0.889. The summed E-state index contributed by atoms with van der Waals surface area (Å²) in [5, 5.41) is 0. The van der Waals surface area contributed by atoms with Crippen molar-refractivity contribution in [3.8, 4) is 0 Å². The largest absolute Gasteiger partial charge is 0.352 e. The molecule has 0 aliphatic carbocycles. The van der Waals surface area contributed by atoms with Crippen LogP contribution in [0.4, 0.5) is 0 Å². The predicted octanol–water partition coefficient (Wildman–Crippen LogP) is 1.36. The molecule has 1 saturated heterocycles. The van der Waals surface area contributed by atoms with Crippen LogP contribution in [-0.2, 0) is 14.3 Å². The molecule has 0 unspecified atom stereocenters. The number of rotatable bonds is 3. The Morgan fingerprint density at radius 2 is 2.00 bits per heavy atom. The van der Waals surface area contributed by atoms with Crippen molar-refractivity contribution in [1.82, 2.24) is 0 Å². The Kier molecular flexibility index (Phi) is 3.23. The average Bonchev–Trinajstić information content (AvgIpc) is 2.03. The fourth-order valence-corrected chi connectivity index (χ4v) is 1.10. The van der Waals surface area contributed by atoms with Gasteiger partial charge in [-0.2, -0.15) is 0 Å². The minimum Gasteiger partial charge on any atom is -0.352 e. The van der Waals surface area contributed by atoms with Crippen LogP contribution in [0.15, 0.2) is 0 Å². The molecule has 0 N–H and O–H groups in total. The summed E-state index contributed by atoms with van der Waals surface area (Å²) >= 11 is 0. The van der Waals surface area contributed by atoms with Gasteiger partial charge in [0, 0.05) is 18.3 Å². The molecule has 1 aliphatic rings. The van der Waals surface area contributed by atoms with Crippen molar-refractivity contribution in [2.75, 3.05) is 13.2 Å². The highest BCUT2D eigenvalue weighted by Gasteiger charge is 2.27. The summed E-state index contributed by atoms with van der Waals surface area (Å²) in [7, 11) is 0. The zero-order chi connectivity index (χ0) is 9.03. The first-order valence-corrected chi connectivity index (χ1v) is 4.31. The van der Waals surface area contributed by atoms with Gasteiger partial charge in [-0.15, -0.1) is 0 Å². The molecule has 1 heterocycles. The Hall–Kier alpha value is -0.410. The van der Waals surface area contributed by atoms with Crippen molar-refractivity contribution in [2.45, 2.75) is 33.0 Å². The lowest BCUT2D eigenvalue weighted by Gasteiger charge is -2.34. The summed E-state index contributed by atoms with van der Waals surface area (Å²) in [6, 6.07) is 0. The second-order valence-electron chi connectivity index (χ2n) is 3.96. The second kappa shape index (κ2) is 4.01. The van der Waals surface area contributed by atoms with E-state index in [9.17, 15) is 4.79 Å². The minimum absolute atomic E-state index is 0.123. The molecule has 0 amide bonds. The van der Waals surface area contributed by atoms with Crippen molar-refractivity contribution in [1.29, 1.82) is 0 Å². The molecule has 3 nitrogen and oxygen atoms in total. The van der Waals surface area contributed by atoms with Gasteiger partial charge >= 0.3 is 0 Å². The highest BCUT2D eigenvalue weighted by Crippen LogP contribution is 2.24. The Labute approximate surface area is 73.0 Å². The van der Waals surface area contributed by atoms with Gasteiger partial charge in [0.05, 0.1) is 13.2 Å². The summed E-state index contributed by atoms with van der Waals surface area (Å²) in [4.78, 5) is 10.1. The third-order valence-corrected chi connectivity index (χ3v) is 1.84. The van der Waals surface area contributed by atoms with Crippen LogP contribution in [0.3, 0.4) is 0 Å². The van der Waals surface area contributed by atoms with E-state index in [1.165, 1.54) is 0 Å². The van der Waals surface area contributed by atoms with Gasteiger partial charge in [-0.3, -0.25) is 0 Å². The van der Waals surface area contributed by atoms with Crippen molar-refractivity contribution in [3.63, 3.8) is 0 Å². The highest BCUT2D eigenvalue weighted by atomic mass is 16.7. The van der Waals surface area contributed by atoms with Crippen LogP contribution in [0.2, 0.25) is 0 Å². The number of aldehydes is 1. The molecular formula is C9H16O3. The fourth-order valence-electron chi connectivity index (χ4n) is 1.10. The molecule has 0 atom stereocenters. The molecule has 0 aromatic carbocycles. The van der Waals surface area contributed by atoms with Crippen molar-refractivity contribution in [3.05, 3.63) is 0 Å². The maximum Gasteiger partial charge on any atom is 0.158 e. The van der Waals surface area contributed by atoms with Crippen molar-refractivity contribution < 1.29 is 14.3 Å². The summed E-state index contributed by atoms with van der Waals surface area (Å²) in [6.45, 7) is 5.64. The summed E-state index contributed by atoms with van der Waals surface area (Å²) in [5.74, 6) is 0. The Morgan fingerprint density at radius 3 is 2.50 bits per heavy atom. The first-order chi connectivity index (χ1) is 5.64. The normalized spacial score (nSPS) is 23.8. The van der Waals surface area contributed by atoms with E-state index in [0.717, 1.165) is 19.5 Å². The number of ether oxygens (including phenoxy) is 2. The Balaban J connectivity index is 2.22. The van der Waals surface area contributed by atoms with Crippen LogP contribution >= 0.6 is 0 Å². The molecule has 0 saturated carbocycles. The SMILES string of the molecule is CC1(C)COC(CCC=O)OC1. The van der Waals surface area contributed by atoms with Crippen LogP contribution in [0.5, 0.6) is 0 Å². The molecule has 0 aromatic heterocycles. The number of carbonyl (C=O) groups is 1. The van der Waals surface area contributed by atoms with Crippen LogP contribution in [0, 0.1) is 5.41 Å². The molecule has 0 bridgehead atoms. The molecule has 0 spiro atoms. The molecule has 1 fully saturated rings. The standard InChI is InChI=1S/C9H16O3/c1-9(2)6-11-8(12-7-9)4-3-5-10/h5,8H,3-4,6-7H2,1-2H3. The molecular weight excluding hydrogens is 156 g/mol. The first-order valence-electron chi connectivity index (χ1n) is 4.31. The van der Waals surface area contributed by atoms with E-state index in [1.807, 2.05) is 0 Å². The lowest BCUT2D eigenvalue weighted by Crippen LogP contribution is -2.37. The number of hydrogen-bond acceptors (Lipinski definition) is 3. The third-order valence-electron chi connectivity index (χ3n) is 1.84. The molecule has 70 valence electrons. The smallest absolute Gasteiger partial charge is 0.158 e. The summed E-state index contributed by atoms with van der Waals surface area (Å²) in [6.07, 6.45) is 1.93. The first kappa shape index (κ1) is 9.68. The van der Waals surface area contributed by atoms with Crippen molar-refractivity contribution >= 4 is 6.29 Å². The van der Waals surface area contributed by atoms with Gasteiger partial charge in [-0.1, -0.05) is 13.8 Å². The van der Waals surface area contributed by atoms with Gasteiger partial charge in [-0.05, 0) is 0 Å². The molecule has 1 rings (SSSR count). The van der Waals surface area contributed by atoms with Gasteiger partial charge in [0.1, 0.15) is 6.29 Å². The lowest BCUT2D eigenvalue weighted by molar-refractivity contribution is -0.223. The zero-order valence-electron chi connectivity index (χ0n) is 7.71. The Bertz CT molecular complexity index is 144. The third kappa shape index (κ3) is 2.91. The summed E-state index contributed by atoms with van der Waals surface area (Å²) < 4.78 is 10.8. The molecule has 12 heavy (non-hydrogen) atoms. The van der Waals surface area contributed by atoms with Crippen LogP contribution in [0.25, 0.3) is 0 Å². The van der Waals surface area contributed by atoms with Gasteiger partial charge < -0.3 is 14.3 Å². The molecule has 1 aliphatic heterocycles. The van der Waals surface area contributed by atoms with Gasteiger partial charge in [0.15, 0.2) is 6.29 Å². The van der Waals surface area contributed by atoms with Gasteiger partial charge in [-0.25, -0.2) is 0 Å². The molecule has 0 radical (unpaired) electrons. The van der Waals surface area contributed by atoms with Gasteiger partial charge in [0.25, 0.3) is 0 Å². The van der Waals surface area contributed by atoms with Gasteiger partial charge in [0.2, 0.25) is 0 Å². The van der Waals surface area contributed by atoms with E-state index in [-0.39, 0.29) is 11.7 Å². The predicted molar refractivity (Wildman–Crippen MR) is 44.8 cm³/mol. The van der Waals surface area contributed by atoms with Crippen LogP contribution in [-0.4, -0.2) is 25.8 Å². The van der Waals surface area contributed by atoms with Crippen molar-refractivity contribution in [2.24, 2.45) is 5.41 Å². The quantitative estimate of drug-likeness (QED) is 0.603. The topological polar surface area (TPSA) is 35.5 Å². The zero-order valence-corrected chi connectivity index (χ0v) is 7.71. The Morgan fingerprint density at radius 1 is 1.42 bits per heavy atom. The van der Waals surface area contributed by atoms with Crippen LogP contribution in [0.1, 0.15) is 26.7 Å². The maximum atomic E-state index is 10.1.